The van der Waals surface area contributed by atoms with Gasteiger partial charge in [-0.25, -0.2) is 9.48 Å². The number of hydrogen-bond acceptors (Lipinski definition) is 3. The Labute approximate surface area is 103 Å². The van der Waals surface area contributed by atoms with Crippen LogP contribution in [-0.2, 0) is 6.54 Å². The molecule has 0 atom stereocenters. The van der Waals surface area contributed by atoms with Crippen LogP contribution < -0.4 is 5.56 Å². The lowest BCUT2D eigenvalue weighted by molar-refractivity contribution is -0.143. The maximum Gasteiger partial charge on any atom is 0.408 e. The van der Waals surface area contributed by atoms with E-state index in [1.165, 1.54) is 24.3 Å². The Kier molecular flexibility index (Phi) is 3.01. The van der Waals surface area contributed by atoms with Crippen molar-refractivity contribution in [2.45, 2.75) is 12.7 Å². The molecule has 0 unspecified atom stereocenters. The van der Waals surface area contributed by atoms with E-state index in [9.17, 15) is 22.8 Å². The van der Waals surface area contributed by atoms with Crippen LogP contribution in [0.15, 0.2) is 29.1 Å². The molecule has 2 aromatic rings. The second kappa shape index (κ2) is 4.38. The highest BCUT2D eigenvalue weighted by Gasteiger charge is 2.30. The Morgan fingerprint density at radius 3 is 2.37 bits per heavy atom. The van der Waals surface area contributed by atoms with E-state index >= 15 is 0 Å². The maximum absolute atomic E-state index is 12.3. The standard InChI is InChI=1S/C11H7F3N2O3/c12-11(13,14)5-16-9(17)7-4-2-1-3-6(7)8(15-16)10(18)19/h1-4H,5H2,(H,18,19). The van der Waals surface area contributed by atoms with Crippen LogP contribution in [0.2, 0.25) is 0 Å². The summed E-state index contributed by atoms with van der Waals surface area (Å²) < 4.78 is 37.0. The van der Waals surface area contributed by atoms with Crippen molar-refractivity contribution < 1.29 is 23.1 Å². The normalized spacial score (nSPS) is 11.7. The second-order valence-corrected chi connectivity index (χ2v) is 3.78. The molecule has 0 aliphatic rings. The van der Waals surface area contributed by atoms with Crippen molar-refractivity contribution in [3.63, 3.8) is 0 Å². The fourth-order valence-electron chi connectivity index (χ4n) is 1.67. The molecule has 100 valence electrons. The number of fused-ring (bicyclic) bond motifs is 1. The van der Waals surface area contributed by atoms with E-state index in [1.54, 1.807) is 0 Å². The van der Waals surface area contributed by atoms with E-state index < -0.39 is 29.9 Å². The number of carbonyl (C=O) groups is 1. The molecule has 5 nitrogen and oxygen atoms in total. The first-order chi connectivity index (χ1) is 8.79. The summed E-state index contributed by atoms with van der Waals surface area (Å²) in [5, 5.41) is 12.1. The molecular formula is C11H7F3N2O3. The van der Waals surface area contributed by atoms with E-state index in [4.69, 9.17) is 5.11 Å². The van der Waals surface area contributed by atoms with Gasteiger partial charge in [0.05, 0.1) is 5.39 Å². The number of halogens is 3. The highest BCUT2D eigenvalue weighted by Crippen LogP contribution is 2.18. The number of alkyl halides is 3. The van der Waals surface area contributed by atoms with E-state index in [1.807, 2.05) is 0 Å². The van der Waals surface area contributed by atoms with E-state index in [-0.39, 0.29) is 15.5 Å². The first kappa shape index (κ1) is 13.1. The highest BCUT2D eigenvalue weighted by atomic mass is 19.4. The van der Waals surface area contributed by atoms with Crippen molar-refractivity contribution in [1.29, 1.82) is 0 Å². The van der Waals surface area contributed by atoms with Gasteiger partial charge in [-0.15, -0.1) is 0 Å². The average Bonchev–Trinajstić information content (AvgIpc) is 2.31. The van der Waals surface area contributed by atoms with Crippen molar-refractivity contribution in [2.24, 2.45) is 0 Å². The number of carboxylic acid groups (broad SMARTS) is 1. The lowest BCUT2D eigenvalue weighted by atomic mass is 10.1. The van der Waals surface area contributed by atoms with Gasteiger partial charge < -0.3 is 5.11 Å². The number of benzene rings is 1. The van der Waals surface area contributed by atoms with Gasteiger partial charge in [0.25, 0.3) is 5.56 Å². The Hall–Kier alpha value is -2.38. The van der Waals surface area contributed by atoms with Gasteiger partial charge >= 0.3 is 12.1 Å². The van der Waals surface area contributed by atoms with Crippen LogP contribution in [0.25, 0.3) is 10.8 Å². The van der Waals surface area contributed by atoms with Gasteiger partial charge in [0.2, 0.25) is 0 Å². The van der Waals surface area contributed by atoms with Crippen LogP contribution in [-0.4, -0.2) is 27.0 Å². The van der Waals surface area contributed by atoms with Crippen LogP contribution in [0.3, 0.4) is 0 Å². The molecule has 1 aromatic carbocycles. The minimum atomic E-state index is -4.66. The van der Waals surface area contributed by atoms with Gasteiger partial charge in [-0.05, 0) is 6.07 Å². The first-order valence-electron chi connectivity index (χ1n) is 5.09. The molecule has 0 saturated heterocycles. The number of rotatable bonds is 2. The molecule has 0 fully saturated rings. The molecule has 0 radical (unpaired) electrons. The number of aromatic nitrogens is 2. The van der Waals surface area contributed by atoms with Gasteiger partial charge in [0.1, 0.15) is 6.54 Å². The number of nitrogens with zero attached hydrogens (tertiary/aromatic N) is 2. The molecule has 1 N–H and O–H groups in total. The molecule has 2 rings (SSSR count). The van der Waals surface area contributed by atoms with Crippen molar-refractivity contribution >= 4 is 16.7 Å². The van der Waals surface area contributed by atoms with E-state index in [2.05, 4.69) is 5.10 Å². The average molecular weight is 272 g/mol. The third-order valence-electron chi connectivity index (χ3n) is 2.40. The fourth-order valence-corrected chi connectivity index (χ4v) is 1.67. The van der Waals surface area contributed by atoms with Crippen LogP contribution in [0.4, 0.5) is 13.2 Å². The zero-order valence-corrected chi connectivity index (χ0v) is 9.31. The maximum atomic E-state index is 12.3. The summed E-state index contributed by atoms with van der Waals surface area (Å²) in [6.07, 6.45) is -4.66. The Morgan fingerprint density at radius 1 is 1.26 bits per heavy atom. The fraction of sp³-hybridized carbons (Fsp3) is 0.182. The largest absolute Gasteiger partial charge is 0.476 e. The van der Waals surface area contributed by atoms with Gasteiger partial charge in [-0.3, -0.25) is 4.79 Å². The van der Waals surface area contributed by atoms with Crippen LogP contribution >= 0.6 is 0 Å². The summed E-state index contributed by atoms with van der Waals surface area (Å²) in [6.45, 7) is -1.63. The van der Waals surface area contributed by atoms with E-state index in [0.29, 0.717) is 0 Å². The van der Waals surface area contributed by atoms with Crippen molar-refractivity contribution in [3.05, 3.63) is 40.3 Å². The predicted octanol–water partition coefficient (Wildman–Crippen LogP) is 1.66. The minimum Gasteiger partial charge on any atom is -0.476 e. The topological polar surface area (TPSA) is 72.2 Å². The van der Waals surface area contributed by atoms with Crippen LogP contribution in [0.1, 0.15) is 10.5 Å². The number of hydrogen-bond donors (Lipinski definition) is 1. The summed E-state index contributed by atoms with van der Waals surface area (Å²) in [5.74, 6) is -1.49. The molecular weight excluding hydrogens is 265 g/mol. The molecule has 0 aliphatic carbocycles. The lowest BCUT2D eigenvalue weighted by Gasteiger charge is -2.10. The zero-order chi connectivity index (χ0) is 14.2. The van der Waals surface area contributed by atoms with Crippen LogP contribution in [0.5, 0.6) is 0 Å². The van der Waals surface area contributed by atoms with Gasteiger partial charge in [0.15, 0.2) is 5.69 Å². The lowest BCUT2D eigenvalue weighted by Crippen LogP contribution is -2.32. The summed E-state index contributed by atoms with van der Waals surface area (Å²) in [6, 6.07) is 5.50. The molecule has 8 heteroatoms. The Balaban J connectivity index is 2.77. The predicted molar refractivity (Wildman–Crippen MR) is 59.0 cm³/mol. The molecule has 1 heterocycles. The van der Waals surface area contributed by atoms with Crippen molar-refractivity contribution in [2.75, 3.05) is 0 Å². The number of carboxylic acids is 1. The first-order valence-corrected chi connectivity index (χ1v) is 5.09. The summed E-state index contributed by atoms with van der Waals surface area (Å²) in [5.41, 5.74) is -1.56. The summed E-state index contributed by atoms with van der Waals surface area (Å²) >= 11 is 0. The Bertz CT molecular complexity index is 706. The molecule has 0 aliphatic heterocycles. The third-order valence-corrected chi connectivity index (χ3v) is 2.40. The van der Waals surface area contributed by atoms with Gasteiger partial charge in [-0.2, -0.15) is 18.3 Å². The molecule has 0 spiro atoms. The van der Waals surface area contributed by atoms with E-state index in [0.717, 1.165) is 0 Å². The second-order valence-electron chi connectivity index (χ2n) is 3.78. The number of aromatic carboxylic acids is 1. The SMILES string of the molecule is O=C(O)c1nn(CC(F)(F)F)c(=O)c2ccccc12. The van der Waals surface area contributed by atoms with Gasteiger partial charge in [0, 0.05) is 5.39 Å². The minimum absolute atomic E-state index is 0.0124. The molecule has 19 heavy (non-hydrogen) atoms. The third kappa shape index (κ3) is 2.56. The summed E-state index contributed by atoms with van der Waals surface area (Å²) in [4.78, 5) is 22.8. The molecule has 1 aromatic heterocycles. The highest BCUT2D eigenvalue weighted by molar-refractivity contribution is 6.01. The van der Waals surface area contributed by atoms with Gasteiger partial charge in [-0.1, -0.05) is 18.2 Å². The van der Waals surface area contributed by atoms with Crippen molar-refractivity contribution in [3.8, 4) is 0 Å². The molecule has 0 bridgehead atoms. The quantitative estimate of drug-likeness (QED) is 0.902. The smallest absolute Gasteiger partial charge is 0.408 e. The Morgan fingerprint density at radius 2 is 1.84 bits per heavy atom. The zero-order valence-electron chi connectivity index (χ0n) is 9.31. The molecule has 0 saturated carbocycles. The molecule has 0 amide bonds. The van der Waals surface area contributed by atoms with Crippen molar-refractivity contribution in [1.82, 2.24) is 9.78 Å². The van der Waals surface area contributed by atoms with Crippen LogP contribution in [0, 0.1) is 0 Å². The monoisotopic (exact) mass is 272 g/mol. The summed E-state index contributed by atoms with van der Waals surface area (Å²) in [7, 11) is 0.